The van der Waals surface area contributed by atoms with Crippen molar-refractivity contribution in [2.24, 2.45) is 0 Å². The fraction of sp³-hybridized carbons (Fsp3) is 0.625. The molecule has 1 aliphatic rings. The Bertz CT molecular complexity index is 467. The lowest BCUT2D eigenvalue weighted by Crippen LogP contribution is -2.26. The van der Waals surface area contributed by atoms with Gasteiger partial charge in [0.15, 0.2) is 0 Å². The van der Waals surface area contributed by atoms with E-state index < -0.39 is 11.7 Å². The van der Waals surface area contributed by atoms with Gasteiger partial charge in [0.05, 0.1) is 11.7 Å². The van der Waals surface area contributed by atoms with E-state index in [1.165, 1.54) is 12.1 Å². The van der Waals surface area contributed by atoms with Gasteiger partial charge in [0, 0.05) is 12.6 Å². The van der Waals surface area contributed by atoms with Crippen molar-refractivity contribution in [3.63, 3.8) is 0 Å². The van der Waals surface area contributed by atoms with E-state index in [2.05, 4.69) is 5.32 Å². The van der Waals surface area contributed by atoms with E-state index in [0.717, 1.165) is 38.0 Å². The molecule has 1 heterocycles. The number of aryl methyl sites for hydroxylation is 1. The summed E-state index contributed by atoms with van der Waals surface area (Å²) < 4.78 is 43.9. The third-order valence-electron chi connectivity index (χ3n) is 3.95. The Morgan fingerprint density at radius 3 is 2.67 bits per heavy atom. The fourth-order valence-corrected chi connectivity index (χ4v) is 2.90. The molecule has 2 nitrogen and oxygen atoms in total. The van der Waals surface area contributed by atoms with Crippen molar-refractivity contribution < 1.29 is 17.9 Å². The summed E-state index contributed by atoms with van der Waals surface area (Å²) in [6.45, 7) is 5.31. The number of halogens is 3. The van der Waals surface area contributed by atoms with Gasteiger partial charge in [-0.15, -0.1) is 0 Å². The molecule has 0 bridgehead atoms. The van der Waals surface area contributed by atoms with Crippen LogP contribution < -0.4 is 5.32 Å². The molecular formula is C16H22F3NO. The quantitative estimate of drug-likeness (QED) is 0.878. The number of benzene rings is 1. The van der Waals surface area contributed by atoms with E-state index in [1.54, 1.807) is 13.0 Å². The molecule has 2 atom stereocenters. The van der Waals surface area contributed by atoms with Crippen molar-refractivity contribution in [3.8, 4) is 0 Å². The molecule has 5 heteroatoms. The van der Waals surface area contributed by atoms with Gasteiger partial charge in [-0.3, -0.25) is 0 Å². The molecule has 0 spiro atoms. The van der Waals surface area contributed by atoms with Crippen LogP contribution in [-0.4, -0.2) is 19.3 Å². The van der Waals surface area contributed by atoms with Gasteiger partial charge >= 0.3 is 6.18 Å². The van der Waals surface area contributed by atoms with E-state index in [1.807, 2.05) is 6.92 Å². The van der Waals surface area contributed by atoms with Crippen LogP contribution in [0.5, 0.6) is 0 Å². The van der Waals surface area contributed by atoms with Gasteiger partial charge in [0.25, 0.3) is 0 Å². The zero-order chi connectivity index (χ0) is 15.5. The standard InChI is InChI=1S/C16H22F3NO/c1-3-20-15(10-13-5-4-8-21-13)14-7-6-12(9-11(14)2)16(17,18)19/h6-7,9,13,15,20H,3-5,8,10H2,1-2H3. The minimum Gasteiger partial charge on any atom is -0.378 e. The number of hydrogen-bond acceptors (Lipinski definition) is 2. The predicted molar refractivity (Wildman–Crippen MR) is 76.2 cm³/mol. The Labute approximate surface area is 123 Å². The number of ether oxygens (including phenoxy) is 1. The highest BCUT2D eigenvalue weighted by Gasteiger charge is 2.31. The molecule has 0 aromatic heterocycles. The minimum atomic E-state index is -4.29. The lowest BCUT2D eigenvalue weighted by Gasteiger charge is -2.24. The van der Waals surface area contributed by atoms with Crippen LogP contribution in [0.1, 0.15) is 48.9 Å². The molecule has 1 saturated heterocycles. The first kappa shape index (κ1) is 16.3. The lowest BCUT2D eigenvalue weighted by atomic mass is 9.94. The molecule has 1 aliphatic heterocycles. The number of nitrogens with one attached hydrogen (secondary N) is 1. The maximum Gasteiger partial charge on any atom is 0.416 e. The summed E-state index contributed by atoms with van der Waals surface area (Å²) in [7, 11) is 0. The zero-order valence-corrected chi connectivity index (χ0v) is 12.5. The lowest BCUT2D eigenvalue weighted by molar-refractivity contribution is -0.137. The SMILES string of the molecule is CCNC(CC1CCCO1)c1ccc(C(F)(F)F)cc1C. The molecule has 21 heavy (non-hydrogen) atoms. The molecular weight excluding hydrogens is 279 g/mol. The van der Waals surface area contributed by atoms with Crippen LogP contribution in [0.4, 0.5) is 13.2 Å². The van der Waals surface area contributed by atoms with Crippen molar-refractivity contribution in [1.82, 2.24) is 5.32 Å². The Morgan fingerprint density at radius 2 is 2.14 bits per heavy atom. The Kier molecular flexibility index (Phi) is 5.27. The van der Waals surface area contributed by atoms with Crippen molar-refractivity contribution in [2.75, 3.05) is 13.2 Å². The predicted octanol–water partition coefficient (Wildman–Crippen LogP) is 4.23. The Hall–Kier alpha value is -1.07. The van der Waals surface area contributed by atoms with Crippen LogP contribution in [-0.2, 0) is 10.9 Å². The summed E-state index contributed by atoms with van der Waals surface area (Å²) in [6.07, 6.45) is -1.18. The topological polar surface area (TPSA) is 21.3 Å². The average Bonchev–Trinajstić information content (AvgIpc) is 2.90. The third-order valence-corrected chi connectivity index (χ3v) is 3.95. The highest BCUT2D eigenvalue weighted by Crippen LogP contribution is 2.33. The first-order chi connectivity index (χ1) is 9.91. The largest absolute Gasteiger partial charge is 0.416 e. The Morgan fingerprint density at radius 1 is 1.38 bits per heavy atom. The van der Waals surface area contributed by atoms with E-state index in [4.69, 9.17) is 4.74 Å². The second kappa shape index (κ2) is 6.79. The molecule has 1 aromatic rings. The molecule has 0 amide bonds. The average molecular weight is 301 g/mol. The minimum absolute atomic E-state index is 0.0420. The van der Waals surface area contributed by atoms with E-state index in [0.29, 0.717) is 5.56 Å². The molecule has 0 aliphatic carbocycles. The summed E-state index contributed by atoms with van der Waals surface area (Å²) in [5.41, 5.74) is 1.02. The molecule has 118 valence electrons. The van der Waals surface area contributed by atoms with Crippen molar-refractivity contribution in [1.29, 1.82) is 0 Å². The highest BCUT2D eigenvalue weighted by molar-refractivity contribution is 5.34. The monoisotopic (exact) mass is 301 g/mol. The van der Waals surface area contributed by atoms with Crippen molar-refractivity contribution in [2.45, 2.75) is 51.4 Å². The van der Waals surface area contributed by atoms with Gasteiger partial charge < -0.3 is 10.1 Å². The van der Waals surface area contributed by atoms with Crippen LogP contribution in [0.2, 0.25) is 0 Å². The third kappa shape index (κ3) is 4.20. The first-order valence-electron chi connectivity index (χ1n) is 7.44. The zero-order valence-electron chi connectivity index (χ0n) is 12.5. The van der Waals surface area contributed by atoms with Crippen LogP contribution >= 0.6 is 0 Å². The van der Waals surface area contributed by atoms with Gasteiger partial charge in [-0.2, -0.15) is 13.2 Å². The van der Waals surface area contributed by atoms with Crippen LogP contribution in [0.3, 0.4) is 0 Å². The smallest absolute Gasteiger partial charge is 0.378 e. The summed E-state index contributed by atoms with van der Waals surface area (Å²) in [5.74, 6) is 0. The molecule has 0 saturated carbocycles. The second-order valence-electron chi connectivity index (χ2n) is 5.55. The normalized spacial score (nSPS) is 20.7. The van der Waals surface area contributed by atoms with E-state index >= 15 is 0 Å². The first-order valence-corrected chi connectivity index (χ1v) is 7.44. The molecule has 1 fully saturated rings. The van der Waals surface area contributed by atoms with Gasteiger partial charge in [-0.25, -0.2) is 0 Å². The summed E-state index contributed by atoms with van der Waals surface area (Å²) in [6, 6.07) is 4.04. The Balaban J connectivity index is 2.19. The maximum atomic E-state index is 12.7. The fourth-order valence-electron chi connectivity index (χ4n) is 2.90. The van der Waals surface area contributed by atoms with E-state index in [-0.39, 0.29) is 12.1 Å². The van der Waals surface area contributed by atoms with Gasteiger partial charge in [0.1, 0.15) is 0 Å². The molecule has 2 unspecified atom stereocenters. The molecule has 2 rings (SSSR count). The highest BCUT2D eigenvalue weighted by atomic mass is 19.4. The van der Waals surface area contributed by atoms with Gasteiger partial charge in [0.2, 0.25) is 0 Å². The molecule has 1 N–H and O–H groups in total. The molecule has 1 aromatic carbocycles. The molecule has 0 radical (unpaired) electrons. The van der Waals surface area contributed by atoms with Crippen molar-refractivity contribution >= 4 is 0 Å². The summed E-state index contributed by atoms with van der Waals surface area (Å²) in [4.78, 5) is 0. The maximum absolute atomic E-state index is 12.7. The summed E-state index contributed by atoms with van der Waals surface area (Å²) >= 11 is 0. The number of rotatable bonds is 5. The number of alkyl halides is 3. The van der Waals surface area contributed by atoms with Gasteiger partial charge in [-0.05, 0) is 56.0 Å². The number of hydrogen-bond donors (Lipinski definition) is 1. The summed E-state index contributed by atoms with van der Waals surface area (Å²) in [5, 5.41) is 3.36. The van der Waals surface area contributed by atoms with Crippen LogP contribution in [0.15, 0.2) is 18.2 Å². The van der Waals surface area contributed by atoms with Crippen LogP contribution in [0, 0.1) is 6.92 Å². The van der Waals surface area contributed by atoms with E-state index in [9.17, 15) is 13.2 Å². The second-order valence-corrected chi connectivity index (χ2v) is 5.55. The van der Waals surface area contributed by atoms with Crippen molar-refractivity contribution in [3.05, 3.63) is 34.9 Å². The van der Waals surface area contributed by atoms with Crippen LogP contribution in [0.25, 0.3) is 0 Å². The van der Waals surface area contributed by atoms with Gasteiger partial charge in [-0.1, -0.05) is 13.0 Å².